The molecule has 0 amide bonds. The fraction of sp³-hybridized carbons (Fsp3) is 0. The molecule has 0 atom stereocenters. The van der Waals surface area contributed by atoms with Gasteiger partial charge in [-0.1, -0.05) is 66.7 Å². The number of hydrogen-bond acceptors (Lipinski definition) is 4. The molecule has 27 heavy (non-hydrogen) atoms. The fourth-order valence-corrected chi connectivity index (χ4v) is 3.82. The van der Waals surface area contributed by atoms with Gasteiger partial charge in [-0.05, 0) is 24.3 Å². The Balaban J connectivity index is 1.84. The molecule has 0 aliphatic carbocycles. The van der Waals surface area contributed by atoms with Crippen LogP contribution in [-0.4, -0.2) is 13.4 Å². The van der Waals surface area contributed by atoms with E-state index in [4.69, 9.17) is 4.42 Å². The molecule has 6 heteroatoms. The van der Waals surface area contributed by atoms with E-state index in [0.717, 1.165) is 0 Å². The summed E-state index contributed by atoms with van der Waals surface area (Å²) in [5, 5.41) is -0.142. The van der Waals surface area contributed by atoms with Gasteiger partial charge >= 0.3 is 0 Å². The van der Waals surface area contributed by atoms with Crippen LogP contribution < -0.4 is 4.72 Å². The van der Waals surface area contributed by atoms with Crippen molar-refractivity contribution in [1.82, 2.24) is 4.98 Å². The maximum absolute atomic E-state index is 13.0. The van der Waals surface area contributed by atoms with Crippen molar-refractivity contribution in [2.45, 2.75) is 5.03 Å². The highest BCUT2D eigenvalue weighted by Gasteiger charge is 2.27. The molecule has 1 aromatic heterocycles. The number of aromatic nitrogens is 1. The number of nitrogens with zero attached hydrogens (tertiary/aromatic N) is 1. The van der Waals surface area contributed by atoms with Gasteiger partial charge in [0.15, 0.2) is 5.76 Å². The van der Waals surface area contributed by atoms with Crippen LogP contribution in [0.1, 0.15) is 0 Å². The number of benzene rings is 3. The van der Waals surface area contributed by atoms with Crippen molar-refractivity contribution in [1.29, 1.82) is 0 Å². The van der Waals surface area contributed by atoms with Crippen molar-refractivity contribution in [3.8, 4) is 22.8 Å². The van der Waals surface area contributed by atoms with Crippen molar-refractivity contribution in [2.75, 3.05) is 4.72 Å². The highest BCUT2D eigenvalue weighted by molar-refractivity contribution is 7.92. The van der Waals surface area contributed by atoms with E-state index < -0.39 is 10.0 Å². The molecule has 0 aliphatic heterocycles. The number of rotatable bonds is 5. The Hall–Kier alpha value is -3.38. The smallest absolute Gasteiger partial charge is 0.283 e. The first-order valence-electron chi connectivity index (χ1n) is 8.33. The average molecular weight is 376 g/mol. The molecule has 3 aromatic carbocycles. The second kappa shape index (κ2) is 7.09. The van der Waals surface area contributed by atoms with Gasteiger partial charge in [0.05, 0.1) is 0 Å². The highest BCUT2D eigenvalue weighted by Crippen LogP contribution is 2.33. The van der Waals surface area contributed by atoms with Crippen molar-refractivity contribution in [2.24, 2.45) is 0 Å². The van der Waals surface area contributed by atoms with Gasteiger partial charge < -0.3 is 4.42 Å². The molecule has 0 aliphatic rings. The van der Waals surface area contributed by atoms with Crippen LogP contribution in [0.25, 0.3) is 22.8 Å². The molecule has 1 N–H and O–H groups in total. The summed E-state index contributed by atoms with van der Waals surface area (Å²) in [6.45, 7) is 0. The topological polar surface area (TPSA) is 72.2 Å². The van der Waals surface area contributed by atoms with E-state index in [-0.39, 0.29) is 16.7 Å². The summed E-state index contributed by atoms with van der Waals surface area (Å²) >= 11 is 0. The highest BCUT2D eigenvalue weighted by atomic mass is 32.2. The largest absolute Gasteiger partial charge is 0.435 e. The van der Waals surface area contributed by atoms with Crippen LogP contribution in [-0.2, 0) is 10.0 Å². The Kier molecular flexibility index (Phi) is 4.48. The van der Waals surface area contributed by atoms with Gasteiger partial charge in [0.2, 0.25) is 10.9 Å². The van der Waals surface area contributed by atoms with Crippen LogP contribution in [0, 0.1) is 0 Å². The zero-order valence-electron chi connectivity index (χ0n) is 14.2. The third-order valence-electron chi connectivity index (χ3n) is 3.93. The van der Waals surface area contributed by atoms with E-state index in [1.807, 2.05) is 54.6 Å². The summed E-state index contributed by atoms with van der Waals surface area (Å²) in [7, 11) is -3.93. The summed E-state index contributed by atoms with van der Waals surface area (Å²) in [5.41, 5.74) is 1.80. The molecular weight excluding hydrogens is 360 g/mol. The Bertz CT molecular complexity index is 1140. The van der Waals surface area contributed by atoms with Gasteiger partial charge in [-0.3, -0.25) is 4.72 Å². The van der Waals surface area contributed by atoms with Crippen LogP contribution >= 0.6 is 0 Å². The Morgan fingerprint density at radius 2 is 1.22 bits per heavy atom. The zero-order chi connectivity index (χ0) is 18.7. The van der Waals surface area contributed by atoms with Gasteiger partial charge in [-0.25, -0.2) is 0 Å². The van der Waals surface area contributed by atoms with E-state index >= 15 is 0 Å². The van der Waals surface area contributed by atoms with Crippen LogP contribution in [0.15, 0.2) is 100 Å². The second-order valence-corrected chi connectivity index (χ2v) is 7.45. The minimum Gasteiger partial charge on any atom is -0.435 e. The van der Waals surface area contributed by atoms with Gasteiger partial charge in [0.1, 0.15) is 0 Å². The lowest BCUT2D eigenvalue weighted by Crippen LogP contribution is -2.14. The molecule has 134 valence electrons. The monoisotopic (exact) mass is 376 g/mol. The minimum atomic E-state index is -3.93. The third kappa shape index (κ3) is 3.61. The maximum atomic E-state index is 13.0. The standard InChI is InChI=1S/C21H16N2O3S/c24-27(25,23-18-14-8-3-9-15-18)21-19(16-10-4-1-5-11-16)26-20(22-21)17-12-6-2-7-13-17/h1-15,23H. The van der Waals surface area contributed by atoms with E-state index in [9.17, 15) is 8.42 Å². The van der Waals surface area contributed by atoms with Crippen LogP contribution in [0.4, 0.5) is 5.69 Å². The molecule has 0 saturated carbocycles. The molecule has 1 heterocycles. The van der Waals surface area contributed by atoms with E-state index in [1.54, 1.807) is 36.4 Å². The van der Waals surface area contributed by atoms with Crippen LogP contribution in [0.5, 0.6) is 0 Å². The van der Waals surface area contributed by atoms with Crippen LogP contribution in [0.3, 0.4) is 0 Å². The summed E-state index contributed by atoms with van der Waals surface area (Å²) < 4.78 is 34.5. The van der Waals surface area contributed by atoms with Crippen LogP contribution in [0.2, 0.25) is 0 Å². The van der Waals surface area contributed by atoms with Gasteiger partial charge in [0.25, 0.3) is 10.0 Å². The maximum Gasteiger partial charge on any atom is 0.283 e. The summed E-state index contributed by atoms with van der Waals surface area (Å²) in [4.78, 5) is 4.31. The lowest BCUT2D eigenvalue weighted by molar-refractivity contribution is 0.581. The quantitative estimate of drug-likeness (QED) is 0.542. The number of hydrogen-bond donors (Lipinski definition) is 1. The molecule has 4 rings (SSSR count). The average Bonchev–Trinajstić information content (AvgIpc) is 3.16. The number of sulfonamides is 1. The SMILES string of the molecule is O=S(=O)(Nc1ccccc1)c1nc(-c2ccccc2)oc1-c1ccccc1. The first-order chi connectivity index (χ1) is 13.1. The Morgan fingerprint density at radius 3 is 1.81 bits per heavy atom. The normalized spacial score (nSPS) is 11.3. The lowest BCUT2D eigenvalue weighted by Gasteiger charge is -2.06. The summed E-state index contributed by atoms with van der Waals surface area (Å²) in [5.74, 6) is 0.459. The molecule has 0 unspecified atom stereocenters. The summed E-state index contributed by atoms with van der Waals surface area (Å²) in [6, 6.07) is 27.0. The third-order valence-corrected chi connectivity index (χ3v) is 5.22. The van der Waals surface area contributed by atoms with Crippen molar-refractivity contribution in [3.05, 3.63) is 91.0 Å². The van der Waals surface area contributed by atoms with E-state index in [1.165, 1.54) is 0 Å². The van der Waals surface area contributed by atoms with Crippen molar-refractivity contribution >= 4 is 15.7 Å². The molecule has 0 bridgehead atoms. The lowest BCUT2D eigenvalue weighted by atomic mass is 10.2. The fourth-order valence-electron chi connectivity index (χ4n) is 2.67. The molecular formula is C21H16N2O3S. The molecule has 0 saturated heterocycles. The molecule has 4 aromatic rings. The molecule has 0 spiro atoms. The van der Waals surface area contributed by atoms with E-state index in [2.05, 4.69) is 9.71 Å². The predicted octanol–water partition coefficient (Wildman–Crippen LogP) is 4.81. The molecule has 0 radical (unpaired) electrons. The Morgan fingerprint density at radius 1 is 0.704 bits per heavy atom. The first-order valence-corrected chi connectivity index (χ1v) is 9.81. The number of anilines is 1. The number of para-hydroxylation sites is 1. The number of oxazole rings is 1. The molecule has 0 fully saturated rings. The minimum absolute atomic E-state index is 0.142. The van der Waals surface area contributed by atoms with Gasteiger partial charge in [-0.15, -0.1) is 0 Å². The predicted molar refractivity (Wildman–Crippen MR) is 105 cm³/mol. The zero-order valence-corrected chi connectivity index (χ0v) is 15.1. The summed E-state index contributed by atoms with van der Waals surface area (Å²) in [6.07, 6.45) is 0. The second-order valence-electron chi connectivity index (χ2n) is 5.86. The van der Waals surface area contributed by atoms with Crippen molar-refractivity contribution < 1.29 is 12.8 Å². The first kappa shape index (κ1) is 17.1. The van der Waals surface area contributed by atoms with E-state index in [0.29, 0.717) is 16.8 Å². The Labute approximate surface area is 157 Å². The van der Waals surface area contributed by atoms with Gasteiger partial charge in [0, 0.05) is 16.8 Å². The molecule has 5 nitrogen and oxygen atoms in total. The number of nitrogens with one attached hydrogen (secondary N) is 1. The van der Waals surface area contributed by atoms with Crippen molar-refractivity contribution in [3.63, 3.8) is 0 Å². The van der Waals surface area contributed by atoms with Gasteiger partial charge in [-0.2, -0.15) is 13.4 Å².